The van der Waals surface area contributed by atoms with Crippen LogP contribution in [0.4, 0.5) is 0 Å². The number of carbonyl (C=O) groups excluding carboxylic acids is 1. The lowest BCUT2D eigenvalue weighted by Gasteiger charge is -2.22. The summed E-state index contributed by atoms with van der Waals surface area (Å²) in [6.45, 7) is 2.95. The quantitative estimate of drug-likeness (QED) is 0.289. The fourth-order valence-corrected chi connectivity index (χ4v) is 2.77. The molecule has 9 heteroatoms. The number of thioether (sulfide) groups is 1. The van der Waals surface area contributed by atoms with Crippen LogP contribution in [0.5, 0.6) is 0 Å². The van der Waals surface area contributed by atoms with Crippen LogP contribution in [-0.4, -0.2) is 65.7 Å². The molecule has 0 bridgehead atoms. The molecule has 0 aromatic heterocycles. The van der Waals surface area contributed by atoms with Crippen molar-refractivity contribution in [3.05, 3.63) is 0 Å². The molecule has 0 aromatic carbocycles. The first-order valence-corrected chi connectivity index (χ1v) is 8.84. The van der Waals surface area contributed by atoms with Crippen LogP contribution in [0.3, 0.4) is 0 Å². The summed E-state index contributed by atoms with van der Waals surface area (Å²) in [4.78, 5) is 11.8. The monoisotopic (exact) mass is 330 g/mol. The van der Waals surface area contributed by atoms with E-state index >= 15 is 0 Å². The topological polar surface area (TPSA) is 121 Å². The van der Waals surface area contributed by atoms with Crippen molar-refractivity contribution < 1.29 is 32.7 Å². The number of aliphatic hydroxyl groups excluding tert-OH is 2. The van der Waals surface area contributed by atoms with Crippen molar-refractivity contribution in [3.8, 4) is 0 Å². The van der Waals surface area contributed by atoms with Crippen LogP contribution in [0.1, 0.15) is 20.3 Å². The Hall–Kier alpha value is -0.350. The highest BCUT2D eigenvalue weighted by Gasteiger charge is 2.29. The molecule has 0 aliphatic rings. The third-order valence-electron chi connectivity index (χ3n) is 2.32. The molecule has 7 nitrogen and oxygen atoms in total. The predicted octanol–water partition coefficient (Wildman–Crippen LogP) is -0.0799. The number of hydrogen-bond acceptors (Lipinski definition) is 7. The molecule has 0 aliphatic carbocycles. The van der Waals surface area contributed by atoms with Crippen LogP contribution in [0.25, 0.3) is 0 Å². The normalized spacial score (nSPS) is 14.1. The molecular weight excluding hydrogens is 308 g/mol. The predicted molar refractivity (Wildman–Crippen MR) is 76.2 cm³/mol. The van der Waals surface area contributed by atoms with E-state index in [1.807, 2.05) is 0 Å². The van der Waals surface area contributed by atoms with Gasteiger partial charge in [0, 0.05) is 11.5 Å². The first-order chi connectivity index (χ1) is 9.08. The Morgan fingerprint density at radius 2 is 2.00 bits per heavy atom. The highest BCUT2D eigenvalue weighted by atomic mass is 32.2. The van der Waals surface area contributed by atoms with Crippen LogP contribution < -0.4 is 0 Å². The summed E-state index contributed by atoms with van der Waals surface area (Å²) in [7, 11) is -4.03. The van der Waals surface area contributed by atoms with Crippen molar-refractivity contribution >= 4 is 27.8 Å². The summed E-state index contributed by atoms with van der Waals surface area (Å²) in [5.41, 5.74) is -0.780. The zero-order valence-corrected chi connectivity index (χ0v) is 13.2. The average molecular weight is 330 g/mol. The van der Waals surface area contributed by atoms with E-state index in [-0.39, 0.29) is 19.6 Å². The van der Waals surface area contributed by atoms with Gasteiger partial charge in [-0.3, -0.25) is 9.35 Å². The van der Waals surface area contributed by atoms with Gasteiger partial charge in [0.1, 0.15) is 0 Å². The lowest BCUT2D eigenvalue weighted by Crippen LogP contribution is -2.30. The van der Waals surface area contributed by atoms with E-state index in [2.05, 4.69) is 0 Å². The summed E-state index contributed by atoms with van der Waals surface area (Å²) in [6.07, 6.45) is -0.779. The first-order valence-electron chi connectivity index (χ1n) is 6.07. The van der Waals surface area contributed by atoms with Crippen molar-refractivity contribution in [1.29, 1.82) is 0 Å². The van der Waals surface area contributed by atoms with Gasteiger partial charge in [-0.15, -0.1) is 0 Å². The fourth-order valence-electron chi connectivity index (χ4n) is 1.16. The van der Waals surface area contributed by atoms with Crippen LogP contribution in [0.15, 0.2) is 0 Å². The van der Waals surface area contributed by atoms with Crippen molar-refractivity contribution in [2.75, 3.05) is 30.5 Å². The number of esters is 1. The summed E-state index contributed by atoms with van der Waals surface area (Å²) in [5, 5.41) is 17.8. The molecule has 0 heterocycles. The van der Waals surface area contributed by atoms with Gasteiger partial charge in [0.2, 0.25) is 0 Å². The van der Waals surface area contributed by atoms with E-state index in [1.54, 1.807) is 13.8 Å². The molecule has 120 valence electrons. The molecule has 20 heavy (non-hydrogen) atoms. The van der Waals surface area contributed by atoms with Gasteiger partial charge in [-0.2, -0.15) is 20.2 Å². The van der Waals surface area contributed by atoms with E-state index in [9.17, 15) is 18.3 Å². The smallest absolute Gasteiger partial charge is 0.312 e. The molecule has 0 saturated carbocycles. The first kappa shape index (κ1) is 19.7. The highest BCUT2D eigenvalue weighted by molar-refractivity contribution is 7.99. The molecule has 0 amide bonds. The zero-order chi connectivity index (χ0) is 15.8. The standard InChI is InChI=1S/C11H22O7S2/c1-11(2,8-19-7-9(13)6-12)10(14)18-4-3-5-20(15,16)17/h9,12-13H,3-8H2,1-2H3,(H,15,16,17). The van der Waals surface area contributed by atoms with Gasteiger partial charge in [0.05, 0.1) is 30.5 Å². The molecule has 0 fully saturated rings. The van der Waals surface area contributed by atoms with Crippen molar-refractivity contribution in [1.82, 2.24) is 0 Å². The minimum absolute atomic E-state index is 0.0387. The zero-order valence-electron chi connectivity index (χ0n) is 11.6. The van der Waals surface area contributed by atoms with Crippen LogP contribution >= 0.6 is 11.8 Å². The third kappa shape index (κ3) is 9.54. The maximum atomic E-state index is 11.8. The van der Waals surface area contributed by atoms with Crippen LogP contribution in [0, 0.1) is 5.41 Å². The van der Waals surface area contributed by atoms with Crippen LogP contribution in [-0.2, 0) is 19.6 Å². The van der Waals surface area contributed by atoms with Gasteiger partial charge in [-0.1, -0.05) is 0 Å². The summed E-state index contributed by atoms with van der Waals surface area (Å²) in [5.74, 6) is -0.200. The number of ether oxygens (including phenoxy) is 1. The van der Waals surface area contributed by atoms with E-state index < -0.39 is 33.4 Å². The molecule has 0 rings (SSSR count). The number of hydrogen-bond donors (Lipinski definition) is 3. The summed E-state index contributed by atoms with van der Waals surface area (Å²) in [6, 6.07) is 0. The van der Waals surface area contributed by atoms with Crippen molar-refractivity contribution in [2.45, 2.75) is 26.4 Å². The number of aliphatic hydroxyl groups is 2. The van der Waals surface area contributed by atoms with E-state index in [0.717, 1.165) is 0 Å². The molecular formula is C11H22O7S2. The molecule has 1 atom stereocenters. The SMILES string of the molecule is CC(C)(CSCC(O)CO)C(=O)OCCCS(=O)(=O)O. The summed E-state index contributed by atoms with van der Waals surface area (Å²) < 4.78 is 34.4. The molecule has 0 aliphatic heterocycles. The van der Waals surface area contributed by atoms with Gasteiger partial charge in [-0.25, -0.2) is 0 Å². The Labute approximate surface area is 123 Å². The third-order valence-corrected chi connectivity index (χ3v) is 4.67. The Kier molecular flexibility index (Phi) is 8.68. The molecule has 0 saturated heterocycles. The van der Waals surface area contributed by atoms with E-state index in [1.165, 1.54) is 11.8 Å². The minimum atomic E-state index is -4.03. The second-order valence-electron chi connectivity index (χ2n) is 5.01. The fraction of sp³-hybridized carbons (Fsp3) is 0.909. The minimum Gasteiger partial charge on any atom is -0.465 e. The second kappa shape index (κ2) is 8.83. The Bertz CT molecular complexity index is 392. The second-order valence-corrected chi connectivity index (χ2v) is 7.61. The lowest BCUT2D eigenvalue weighted by molar-refractivity contribution is -0.152. The van der Waals surface area contributed by atoms with Gasteiger partial charge in [-0.05, 0) is 20.3 Å². The van der Waals surface area contributed by atoms with Crippen molar-refractivity contribution in [3.63, 3.8) is 0 Å². The van der Waals surface area contributed by atoms with Gasteiger partial charge < -0.3 is 14.9 Å². The maximum absolute atomic E-state index is 11.8. The molecule has 0 aromatic rings. The molecule has 1 unspecified atom stereocenters. The largest absolute Gasteiger partial charge is 0.465 e. The Morgan fingerprint density at radius 1 is 1.40 bits per heavy atom. The Morgan fingerprint density at radius 3 is 2.50 bits per heavy atom. The molecule has 3 N–H and O–H groups in total. The van der Waals surface area contributed by atoms with E-state index in [0.29, 0.717) is 11.5 Å². The number of carbonyl (C=O) groups is 1. The Balaban J connectivity index is 3.99. The molecule has 0 radical (unpaired) electrons. The molecule has 0 spiro atoms. The van der Waals surface area contributed by atoms with E-state index in [4.69, 9.17) is 14.4 Å². The van der Waals surface area contributed by atoms with Gasteiger partial charge in [0.25, 0.3) is 10.1 Å². The lowest BCUT2D eigenvalue weighted by atomic mass is 9.97. The van der Waals surface area contributed by atoms with Crippen molar-refractivity contribution in [2.24, 2.45) is 5.41 Å². The maximum Gasteiger partial charge on any atom is 0.312 e. The van der Waals surface area contributed by atoms with Gasteiger partial charge >= 0.3 is 5.97 Å². The highest BCUT2D eigenvalue weighted by Crippen LogP contribution is 2.24. The average Bonchev–Trinajstić information content (AvgIpc) is 2.32. The summed E-state index contributed by atoms with van der Waals surface area (Å²) >= 11 is 1.32. The number of rotatable bonds is 10. The van der Waals surface area contributed by atoms with Crippen LogP contribution in [0.2, 0.25) is 0 Å². The van der Waals surface area contributed by atoms with Gasteiger partial charge in [0.15, 0.2) is 0 Å².